The number of aromatic carboxylic acids is 1. The zero-order valence-electron chi connectivity index (χ0n) is 10.0. The molecular formula is C13H14N2O3. The molecule has 1 aromatic carbocycles. The number of para-hydroxylation sites is 1. The Hall–Kier alpha value is -2.30. The third kappa shape index (κ3) is 2.68. The van der Waals surface area contributed by atoms with Crippen LogP contribution in [0.4, 0.5) is 11.7 Å². The van der Waals surface area contributed by atoms with Crippen LogP contribution in [0.2, 0.25) is 0 Å². The predicted octanol–water partition coefficient (Wildman–Crippen LogP) is 3.07. The monoisotopic (exact) mass is 246 g/mol. The number of benzene rings is 1. The third-order valence-electron chi connectivity index (χ3n) is 2.50. The molecular weight excluding hydrogens is 232 g/mol. The average Bonchev–Trinajstić information content (AvgIpc) is 2.81. The van der Waals surface area contributed by atoms with Gasteiger partial charge >= 0.3 is 5.97 Å². The molecule has 0 atom stereocenters. The van der Waals surface area contributed by atoms with Crippen LogP contribution in [-0.2, 0) is 6.42 Å². The predicted molar refractivity (Wildman–Crippen MR) is 67.2 cm³/mol. The summed E-state index contributed by atoms with van der Waals surface area (Å²) in [5.74, 6) is -1.10. The van der Waals surface area contributed by atoms with Crippen molar-refractivity contribution in [2.75, 3.05) is 5.32 Å². The summed E-state index contributed by atoms with van der Waals surface area (Å²) in [5, 5.41) is 11.7. The Morgan fingerprint density at radius 3 is 2.89 bits per heavy atom. The van der Waals surface area contributed by atoms with E-state index >= 15 is 0 Å². The first kappa shape index (κ1) is 12.2. The lowest BCUT2D eigenvalue weighted by Crippen LogP contribution is -1.99. The van der Waals surface area contributed by atoms with Crippen LogP contribution in [0.1, 0.15) is 29.4 Å². The van der Waals surface area contributed by atoms with Gasteiger partial charge in [-0.3, -0.25) is 0 Å². The summed E-state index contributed by atoms with van der Waals surface area (Å²) in [6, 6.07) is 8.00. The normalized spacial score (nSPS) is 10.3. The highest BCUT2D eigenvalue weighted by Gasteiger charge is 2.11. The van der Waals surface area contributed by atoms with Gasteiger partial charge in [-0.25, -0.2) is 4.79 Å². The SMILES string of the molecule is CCCc1ccccc1Nc1nc(C(=O)O)co1. The summed E-state index contributed by atoms with van der Waals surface area (Å²) in [6.07, 6.45) is 3.09. The third-order valence-corrected chi connectivity index (χ3v) is 2.50. The zero-order valence-corrected chi connectivity index (χ0v) is 10.0. The van der Waals surface area contributed by atoms with Gasteiger partial charge in [-0.05, 0) is 18.1 Å². The lowest BCUT2D eigenvalue weighted by atomic mass is 10.1. The molecule has 2 aromatic rings. The lowest BCUT2D eigenvalue weighted by molar-refractivity contribution is 0.0690. The van der Waals surface area contributed by atoms with E-state index in [2.05, 4.69) is 17.2 Å². The molecule has 5 heteroatoms. The summed E-state index contributed by atoms with van der Waals surface area (Å²) >= 11 is 0. The van der Waals surface area contributed by atoms with Crippen molar-refractivity contribution in [1.82, 2.24) is 4.98 Å². The molecule has 5 nitrogen and oxygen atoms in total. The molecule has 0 aliphatic carbocycles. The fourth-order valence-electron chi connectivity index (χ4n) is 1.67. The van der Waals surface area contributed by atoms with Gasteiger partial charge in [0, 0.05) is 5.69 Å². The fraction of sp³-hybridized carbons (Fsp3) is 0.231. The van der Waals surface area contributed by atoms with E-state index in [9.17, 15) is 4.79 Å². The van der Waals surface area contributed by atoms with Crippen LogP contribution >= 0.6 is 0 Å². The topological polar surface area (TPSA) is 75.4 Å². The minimum Gasteiger partial charge on any atom is -0.476 e. The molecule has 2 N–H and O–H groups in total. The molecule has 0 fully saturated rings. The van der Waals surface area contributed by atoms with Crippen LogP contribution in [0.15, 0.2) is 34.9 Å². The van der Waals surface area contributed by atoms with Crippen molar-refractivity contribution in [3.05, 3.63) is 41.8 Å². The summed E-state index contributed by atoms with van der Waals surface area (Å²) in [5.41, 5.74) is 1.93. The average molecular weight is 246 g/mol. The van der Waals surface area contributed by atoms with Crippen molar-refractivity contribution in [2.24, 2.45) is 0 Å². The highest BCUT2D eigenvalue weighted by Crippen LogP contribution is 2.21. The number of nitrogens with zero attached hydrogens (tertiary/aromatic N) is 1. The number of aromatic nitrogens is 1. The van der Waals surface area contributed by atoms with Crippen LogP contribution in [0.25, 0.3) is 0 Å². The van der Waals surface area contributed by atoms with Crippen molar-refractivity contribution in [2.45, 2.75) is 19.8 Å². The summed E-state index contributed by atoms with van der Waals surface area (Å²) in [6.45, 7) is 2.10. The molecule has 2 rings (SSSR count). The second-order valence-electron chi connectivity index (χ2n) is 3.88. The smallest absolute Gasteiger partial charge is 0.357 e. The number of carboxylic acids is 1. The van der Waals surface area contributed by atoms with Crippen LogP contribution < -0.4 is 5.32 Å². The molecule has 0 saturated carbocycles. The van der Waals surface area contributed by atoms with Gasteiger partial charge in [0.1, 0.15) is 6.26 Å². The number of aryl methyl sites for hydroxylation is 1. The minimum absolute atomic E-state index is 0.106. The first-order valence-electron chi connectivity index (χ1n) is 5.74. The Morgan fingerprint density at radius 2 is 2.22 bits per heavy atom. The van der Waals surface area contributed by atoms with Crippen LogP contribution in [-0.4, -0.2) is 16.1 Å². The standard InChI is InChI=1S/C13H14N2O3/c1-2-5-9-6-3-4-7-10(9)14-13-15-11(8-18-13)12(16)17/h3-4,6-8H,2,5H2,1H3,(H,14,15)(H,16,17). The Labute approximate surface area is 104 Å². The molecule has 0 saturated heterocycles. The Balaban J connectivity index is 2.19. The molecule has 0 amide bonds. The molecule has 0 aliphatic heterocycles. The number of carbonyl (C=O) groups is 1. The maximum absolute atomic E-state index is 10.7. The molecule has 1 heterocycles. The molecule has 94 valence electrons. The molecule has 0 unspecified atom stereocenters. The van der Waals surface area contributed by atoms with Gasteiger partial charge in [-0.2, -0.15) is 4.98 Å². The second kappa shape index (κ2) is 5.35. The van der Waals surface area contributed by atoms with E-state index in [1.54, 1.807) is 0 Å². The number of rotatable bonds is 5. The molecule has 1 aromatic heterocycles. The van der Waals surface area contributed by atoms with Crippen LogP contribution in [0.3, 0.4) is 0 Å². The van der Waals surface area contributed by atoms with E-state index in [0.29, 0.717) is 0 Å². The number of hydrogen-bond donors (Lipinski definition) is 2. The van der Waals surface area contributed by atoms with Gasteiger partial charge in [0.2, 0.25) is 0 Å². The van der Waals surface area contributed by atoms with Crippen molar-refractivity contribution >= 4 is 17.7 Å². The second-order valence-corrected chi connectivity index (χ2v) is 3.88. The summed E-state index contributed by atoms with van der Waals surface area (Å²) in [7, 11) is 0. The summed E-state index contributed by atoms with van der Waals surface area (Å²) < 4.78 is 5.06. The number of nitrogens with one attached hydrogen (secondary N) is 1. The Morgan fingerprint density at radius 1 is 1.44 bits per heavy atom. The first-order valence-corrected chi connectivity index (χ1v) is 5.74. The van der Waals surface area contributed by atoms with Crippen molar-refractivity contribution in [3.8, 4) is 0 Å². The van der Waals surface area contributed by atoms with E-state index in [4.69, 9.17) is 9.52 Å². The van der Waals surface area contributed by atoms with Crippen LogP contribution in [0, 0.1) is 0 Å². The molecule has 0 radical (unpaired) electrons. The van der Waals surface area contributed by atoms with E-state index in [0.717, 1.165) is 30.4 Å². The minimum atomic E-state index is -1.10. The van der Waals surface area contributed by atoms with Crippen molar-refractivity contribution in [3.63, 3.8) is 0 Å². The van der Waals surface area contributed by atoms with Gasteiger partial charge in [0.05, 0.1) is 0 Å². The Kier molecular flexibility index (Phi) is 3.62. The fourth-order valence-corrected chi connectivity index (χ4v) is 1.67. The summed E-state index contributed by atoms with van der Waals surface area (Å²) in [4.78, 5) is 14.5. The van der Waals surface area contributed by atoms with Crippen molar-refractivity contribution < 1.29 is 14.3 Å². The number of carboxylic acid groups (broad SMARTS) is 1. The quantitative estimate of drug-likeness (QED) is 0.847. The molecule has 0 aliphatic rings. The van der Waals surface area contributed by atoms with E-state index < -0.39 is 5.97 Å². The number of hydrogen-bond acceptors (Lipinski definition) is 4. The molecule has 0 spiro atoms. The highest BCUT2D eigenvalue weighted by atomic mass is 16.4. The van der Waals surface area contributed by atoms with E-state index in [1.165, 1.54) is 0 Å². The Bertz CT molecular complexity index is 549. The maximum Gasteiger partial charge on any atom is 0.357 e. The lowest BCUT2D eigenvalue weighted by Gasteiger charge is -2.07. The van der Waals surface area contributed by atoms with Gasteiger partial charge in [-0.15, -0.1) is 0 Å². The largest absolute Gasteiger partial charge is 0.476 e. The zero-order chi connectivity index (χ0) is 13.0. The number of anilines is 2. The van der Waals surface area contributed by atoms with E-state index in [1.807, 2.05) is 24.3 Å². The highest BCUT2D eigenvalue weighted by molar-refractivity contribution is 5.85. The van der Waals surface area contributed by atoms with Gasteiger partial charge in [-0.1, -0.05) is 31.5 Å². The maximum atomic E-state index is 10.7. The number of oxazole rings is 1. The van der Waals surface area contributed by atoms with Gasteiger partial charge < -0.3 is 14.8 Å². The van der Waals surface area contributed by atoms with E-state index in [-0.39, 0.29) is 11.7 Å². The van der Waals surface area contributed by atoms with Gasteiger partial charge in [0.15, 0.2) is 5.69 Å². The molecule has 0 bridgehead atoms. The first-order chi connectivity index (χ1) is 8.70. The molecule has 18 heavy (non-hydrogen) atoms. The van der Waals surface area contributed by atoms with Crippen LogP contribution in [0.5, 0.6) is 0 Å². The van der Waals surface area contributed by atoms with Crippen molar-refractivity contribution in [1.29, 1.82) is 0 Å². The van der Waals surface area contributed by atoms with Gasteiger partial charge in [0.25, 0.3) is 6.01 Å².